The standard InChI is InChI=1S/C22H31N5O2/c1-17-12-24-20(25-17)15-26-8-4-22(5-9-26)6-10-27(14-19(22)16-28)21(29)11-18-3-2-7-23-13-18/h2-3,7,12-13,19,28H,4-6,8-11,14-16H2,1H3,(H,24,25)/t19-/m1/s1. The number of nitrogens with zero attached hydrogens (tertiary/aromatic N) is 4. The first-order valence-corrected chi connectivity index (χ1v) is 10.6. The number of carbonyl (C=O) groups is 1. The molecule has 1 atom stereocenters. The number of carbonyl (C=O) groups excluding carboxylic acids is 1. The normalized spacial score (nSPS) is 22.1. The van der Waals surface area contributed by atoms with E-state index in [9.17, 15) is 9.90 Å². The molecule has 1 spiro atoms. The van der Waals surface area contributed by atoms with Gasteiger partial charge in [0.2, 0.25) is 5.91 Å². The number of pyridine rings is 1. The molecule has 7 heteroatoms. The van der Waals surface area contributed by atoms with Crippen molar-refractivity contribution in [3.8, 4) is 0 Å². The van der Waals surface area contributed by atoms with Gasteiger partial charge in [-0.05, 0) is 56.3 Å². The molecule has 4 heterocycles. The van der Waals surface area contributed by atoms with Gasteiger partial charge in [0.1, 0.15) is 5.82 Å². The summed E-state index contributed by atoms with van der Waals surface area (Å²) in [5.74, 6) is 1.31. The van der Waals surface area contributed by atoms with Gasteiger partial charge in [-0.3, -0.25) is 14.7 Å². The lowest BCUT2D eigenvalue weighted by atomic mass is 9.64. The molecule has 0 aliphatic carbocycles. The molecular formula is C22H31N5O2. The number of nitrogens with one attached hydrogen (secondary N) is 1. The van der Waals surface area contributed by atoms with Crippen molar-refractivity contribution >= 4 is 5.91 Å². The summed E-state index contributed by atoms with van der Waals surface area (Å²) in [4.78, 5) is 29.0. The molecule has 1 amide bonds. The molecule has 0 bridgehead atoms. The largest absolute Gasteiger partial charge is 0.396 e. The van der Waals surface area contributed by atoms with Gasteiger partial charge in [-0.1, -0.05) is 6.07 Å². The SMILES string of the molecule is Cc1cnc(CN2CCC3(CC2)CCN(C(=O)Cc2cccnc2)C[C@@H]3CO)[nH]1. The highest BCUT2D eigenvalue weighted by Crippen LogP contribution is 2.45. The summed E-state index contributed by atoms with van der Waals surface area (Å²) in [7, 11) is 0. The number of aromatic amines is 1. The van der Waals surface area contributed by atoms with Crippen LogP contribution >= 0.6 is 0 Å². The highest BCUT2D eigenvalue weighted by Gasteiger charge is 2.45. The van der Waals surface area contributed by atoms with Gasteiger partial charge < -0.3 is 15.0 Å². The Bertz CT molecular complexity index is 814. The number of rotatable bonds is 5. The van der Waals surface area contributed by atoms with E-state index in [0.717, 1.165) is 62.5 Å². The molecule has 156 valence electrons. The fraction of sp³-hybridized carbons (Fsp3) is 0.591. The number of aryl methyl sites for hydroxylation is 1. The zero-order valence-electron chi connectivity index (χ0n) is 17.2. The van der Waals surface area contributed by atoms with Crippen LogP contribution in [0.25, 0.3) is 0 Å². The number of likely N-dealkylation sites (tertiary alicyclic amines) is 2. The van der Waals surface area contributed by atoms with Gasteiger partial charge in [0.05, 0.1) is 13.0 Å². The quantitative estimate of drug-likeness (QED) is 0.803. The van der Waals surface area contributed by atoms with Crippen LogP contribution in [0.4, 0.5) is 0 Å². The van der Waals surface area contributed by atoms with E-state index in [1.165, 1.54) is 0 Å². The van der Waals surface area contributed by atoms with Gasteiger partial charge in [0, 0.05) is 49.9 Å². The number of hydrogen-bond acceptors (Lipinski definition) is 5. The number of aliphatic hydroxyl groups excluding tert-OH is 1. The van der Waals surface area contributed by atoms with Crippen molar-refractivity contribution in [2.45, 2.75) is 39.2 Å². The van der Waals surface area contributed by atoms with E-state index in [1.54, 1.807) is 12.4 Å². The minimum absolute atomic E-state index is 0.136. The summed E-state index contributed by atoms with van der Waals surface area (Å²) < 4.78 is 0. The lowest BCUT2D eigenvalue weighted by molar-refractivity contribution is -0.137. The van der Waals surface area contributed by atoms with E-state index >= 15 is 0 Å². The maximum absolute atomic E-state index is 12.8. The van der Waals surface area contributed by atoms with E-state index in [0.29, 0.717) is 13.0 Å². The first-order chi connectivity index (χ1) is 14.1. The third kappa shape index (κ3) is 4.51. The van der Waals surface area contributed by atoms with Crippen LogP contribution in [0.2, 0.25) is 0 Å². The minimum atomic E-state index is 0.136. The molecule has 2 N–H and O–H groups in total. The summed E-state index contributed by atoms with van der Waals surface area (Å²) >= 11 is 0. The Morgan fingerprint density at radius 1 is 1.28 bits per heavy atom. The van der Waals surface area contributed by atoms with Crippen molar-refractivity contribution in [3.63, 3.8) is 0 Å². The highest BCUT2D eigenvalue weighted by molar-refractivity contribution is 5.78. The second-order valence-corrected chi connectivity index (χ2v) is 8.66. The third-order valence-electron chi connectivity index (χ3n) is 6.82. The van der Waals surface area contributed by atoms with Gasteiger partial charge in [-0.2, -0.15) is 0 Å². The first-order valence-electron chi connectivity index (χ1n) is 10.6. The Kier molecular flexibility index (Phi) is 5.96. The summed E-state index contributed by atoms with van der Waals surface area (Å²) in [6, 6.07) is 3.80. The van der Waals surface area contributed by atoms with Crippen LogP contribution in [0.15, 0.2) is 30.7 Å². The maximum Gasteiger partial charge on any atom is 0.227 e. The Balaban J connectivity index is 1.33. The fourth-order valence-electron chi connectivity index (χ4n) is 4.95. The predicted molar refractivity (Wildman–Crippen MR) is 110 cm³/mol. The van der Waals surface area contributed by atoms with Crippen molar-refractivity contribution in [1.29, 1.82) is 0 Å². The number of hydrogen-bond donors (Lipinski definition) is 2. The molecule has 29 heavy (non-hydrogen) atoms. The minimum Gasteiger partial charge on any atom is -0.396 e. The Labute approximate surface area is 172 Å². The van der Waals surface area contributed by atoms with Crippen LogP contribution in [0, 0.1) is 18.3 Å². The zero-order chi connectivity index (χ0) is 20.3. The maximum atomic E-state index is 12.8. The topological polar surface area (TPSA) is 85.3 Å². The monoisotopic (exact) mass is 397 g/mol. The molecule has 4 rings (SSSR count). The molecule has 7 nitrogen and oxygen atoms in total. The van der Waals surface area contributed by atoms with E-state index in [-0.39, 0.29) is 23.8 Å². The summed E-state index contributed by atoms with van der Waals surface area (Å²) in [5, 5.41) is 10.1. The van der Waals surface area contributed by atoms with Crippen LogP contribution in [0.5, 0.6) is 0 Å². The molecule has 0 unspecified atom stereocenters. The summed E-state index contributed by atoms with van der Waals surface area (Å²) in [6.45, 7) is 6.49. The van der Waals surface area contributed by atoms with Crippen molar-refractivity contribution < 1.29 is 9.90 Å². The summed E-state index contributed by atoms with van der Waals surface area (Å²) in [5.41, 5.74) is 2.19. The van der Waals surface area contributed by atoms with Crippen LogP contribution in [0.3, 0.4) is 0 Å². The number of amides is 1. The highest BCUT2D eigenvalue weighted by atomic mass is 16.3. The Morgan fingerprint density at radius 2 is 2.07 bits per heavy atom. The van der Waals surface area contributed by atoms with Crippen molar-refractivity contribution in [3.05, 3.63) is 47.8 Å². The van der Waals surface area contributed by atoms with Gasteiger partial charge >= 0.3 is 0 Å². The second kappa shape index (κ2) is 8.63. The van der Waals surface area contributed by atoms with Gasteiger partial charge in [0.15, 0.2) is 0 Å². The molecule has 0 saturated carbocycles. The van der Waals surface area contributed by atoms with Gasteiger partial charge in [-0.25, -0.2) is 4.98 Å². The fourth-order valence-corrected chi connectivity index (χ4v) is 4.95. The molecular weight excluding hydrogens is 366 g/mol. The average Bonchev–Trinajstić information content (AvgIpc) is 3.15. The third-order valence-corrected chi connectivity index (χ3v) is 6.82. The van der Waals surface area contributed by atoms with E-state index < -0.39 is 0 Å². The number of aliphatic hydroxyl groups is 1. The molecule has 2 fully saturated rings. The van der Waals surface area contributed by atoms with E-state index in [1.807, 2.05) is 30.2 Å². The molecule has 0 radical (unpaired) electrons. The number of imidazole rings is 1. The molecule has 0 aromatic carbocycles. The lowest BCUT2D eigenvalue weighted by Gasteiger charge is -2.51. The Morgan fingerprint density at radius 3 is 2.72 bits per heavy atom. The van der Waals surface area contributed by atoms with Gasteiger partial charge in [0.25, 0.3) is 0 Å². The smallest absolute Gasteiger partial charge is 0.227 e. The van der Waals surface area contributed by atoms with Crippen LogP contribution in [0.1, 0.15) is 36.3 Å². The number of H-pyrrole nitrogens is 1. The van der Waals surface area contributed by atoms with Gasteiger partial charge in [-0.15, -0.1) is 0 Å². The molecule has 2 saturated heterocycles. The lowest BCUT2D eigenvalue weighted by Crippen LogP contribution is -2.54. The number of piperidine rings is 2. The van der Waals surface area contributed by atoms with Crippen LogP contribution in [-0.4, -0.2) is 68.6 Å². The van der Waals surface area contributed by atoms with E-state index in [4.69, 9.17) is 0 Å². The number of aromatic nitrogens is 3. The van der Waals surface area contributed by atoms with Crippen LogP contribution < -0.4 is 0 Å². The molecule has 2 aromatic heterocycles. The van der Waals surface area contributed by atoms with Crippen molar-refractivity contribution in [1.82, 2.24) is 24.8 Å². The van der Waals surface area contributed by atoms with Crippen molar-refractivity contribution in [2.24, 2.45) is 11.3 Å². The molecule has 2 aliphatic heterocycles. The van der Waals surface area contributed by atoms with Crippen molar-refractivity contribution in [2.75, 3.05) is 32.8 Å². The zero-order valence-corrected chi connectivity index (χ0v) is 17.2. The molecule has 2 aliphatic rings. The second-order valence-electron chi connectivity index (χ2n) is 8.66. The summed E-state index contributed by atoms with van der Waals surface area (Å²) in [6.07, 6.45) is 8.86. The first kappa shape index (κ1) is 20.0. The predicted octanol–water partition coefficient (Wildman–Crippen LogP) is 1.78. The Hall–Kier alpha value is -2.25. The van der Waals surface area contributed by atoms with Crippen LogP contribution in [-0.2, 0) is 17.8 Å². The van der Waals surface area contributed by atoms with E-state index in [2.05, 4.69) is 19.9 Å². The molecule has 2 aromatic rings. The average molecular weight is 398 g/mol.